The van der Waals surface area contributed by atoms with Crippen LogP contribution in [0.5, 0.6) is 11.5 Å². The molecular weight excluding hydrogens is 426 g/mol. The topological polar surface area (TPSA) is 93.4 Å². The van der Waals surface area contributed by atoms with Crippen molar-refractivity contribution in [3.63, 3.8) is 0 Å². The minimum Gasteiger partial charge on any atom is -0.457 e. The van der Waals surface area contributed by atoms with Gasteiger partial charge in [-0.25, -0.2) is 9.97 Å². The summed E-state index contributed by atoms with van der Waals surface area (Å²) in [7, 11) is 0. The summed E-state index contributed by atoms with van der Waals surface area (Å²) in [6.45, 7) is 3.18. The van der Waals surface area contributed by atoms with E-state index in [0.717, 1.165) is 60.8 Å². The normalized spacial score (nSPS) is 18.0. The van der Waals surface area contributed by atoms with Crippen molar-refractivity contribution in [2.24, 2.45) is 5.41 Å². The van der Waals surface area contributed by atoms with Crippen LogP contribution in [0, 0.1) is 17.3 Å². The molecule has 0 bridgehead atoms. The number of para-hydroxylation sites is 1. The molecule has 3 N–H and O–H groups in total. The molecule has 1 amide bonds. The first-order chi connectivity index (χ1) is 16.6. The van der Waals surface area contributed by atoms with Gasteiger partial charge in [0.15, 0.2) is 0 Å². The molecule has 2 aromatic carbocycles. The van der Waals surface area contributed by atoms with Gasteiger partial charge < -0.3 is 20.7 Å². The molecule has 1 spiro atoms. The number of aromatic nitrogens is 2. The number of amides is 1. The molecule has 1 aromatic heterocycles. The number of anilines is 2. The summed E-state index contributed by atoms with van der Waals surface area (Å²) in [5.41, 5.74) is 8.20. The smallest absolute Gasteiger partial charge is 0.298 e. The summed E-state index contributed by atoms with van der Waals surface area (Å²) in [5.74, 6) is 7.97. The number of likely N-dealkylation sites (tertiary alicyclic amines) is 1. The van der Waals surface area contributed by atoms with E-state index in [0.29, 0.717) is 11.9 Å². The molecule has 1 saturated carbocycles. The number of nitrogen functional groups attached to an aromatic ring is 1. The zero-order valence-electron chi connectivity index (χ0n) is 19.1. The molecule has 0 radical (unpaired) electrons. The third-order valence-electron chi connectivity index (χ3n) is 6.78. The number of nitrogens with zero attached hydrogens (tertiary/aromatic N) is 3. The molecule has 7 heteroatoms. The molecule has 172 valence electrons. The van der Waals surface area contributed by atoms with Crippen molar-refractivity contribution < 1.29 is 9.53 Å². The quantitative estimate of drug-likeness (QED) is 0.559. The van der Waals surface area contributed by atoms with Crippen molar-refractivity contribution >= 4 is 17.5 Å². The van der Waals surface area contributed by atoms with Gasteiger partial charge >= 0.3 is 0 Å². The van der Waals surface area contributed by atoms with Crippen molar-refractivity contribution in [1.29, 1.82) is 0 Å². The first kappa shape index (κ1) is 21.8. The lowest BCUT2D eigenvalue weighted by atomic mass is 9.92. The number of carbonyl (C=O) groups is 1. The molecule has 7 nitrogen and oxygen atoms in total. The first-order valence-corrected chi connectivity index (χ1v) is 11.5. The predicted octanol–water partition coefficient (Wildman–Crippen LogP) is 4.33. The third-order valence-corrected chi connectivity index (χ3v) is 6.78. The Morgan fingerprint density at radius 3 is 2.50 bits per heavy atom. The van der Waals surface area contributed by atoms with Gasteiger partial charge in [0.1, 0.15) is 29.5 Å². The Kier molecular flexibility index (Phi) is 5.81. The van der Waals surface area contributed by atoms with Crippen LogP contribution in [0.2, 0.25) is 0 Å². The maximum absolute atomic E-state index is 12.1. The summed E-state index contributed by atoms with van der Waals surface area (Å²) < 4.78 is 5.91. The molecule has 1 unspecified atom stereocenters. The Morgan fingerprint density at radius 1 is 1.09 bits per heavy atom. The van der Waals surface area contributed by atoms with Crippen LogP contribution in [0.4, 0.5) is 11.6 Å². The molecule has 3 aromatic rings. The SMILES string of the molecule is CC#CC(=O)N1CCC2(CC1)CC2Nc1ncnc(N)c1-c1ccc(Oc2ccccc2)cc1. The Labute approximate surface area is 199 Å². The van der Waals surface area contributed by atoms with Gasteiger partial charge in [-0.15, -0.1) is 0 Å². The van der Waals surface area contributed by atoms with Gasteiger partial charge in [0.2, 0.25) is 0 Å². The zero-order valence-corrected chi connectivity index (χ0v) is 19.1. The average Bonchev–Trinajstić information content (AvgIpc) is 3.51. The number of nitrogens with two attached hydrogens (primary N) is 1. The van der Waals surface area contributed by atoms with Gasteiger partial charge in [0.25, 0.3) is 5.91 Å². The number of ether oxygens (including phenoxy) is 1. The first-order valence-electron chi connectivity index (χ1n) is 11.5. The van der Waals surface area contributed by atoms with Gasteiger partial charge in [-0.1, -0.05) is 36.3 Å². The van der Waals surface area contributed by atoms with Gasteiger partial charge in [0, 0.05) is 19.1 Å². The van der Waals surface area contributed by atoms with Gasteiger partial charge in [-0.3, -0.25) is 4.79 Å². The van der Waals surface area contributed by atoms with Crippen LogP contribution in [-0.2, 0) is 4.79 Å². The molecule has 1 aliphatic heterocycles. The van der Waals surface area contributed by atoms with Gasteiger partial charge in [0.05, 0.1) is 5.56 Å². The Hall–Kier alpha value is -4.05. The number of piperidine rings is 1. The minimum absolute atomic E-state index is 0.0759. The maximum Gasteiger partial charge on any atom is 0.298 e. The van der Waals surface area contributed by atoms with Crippen molar-refractivity contribution in [3.8, 4) is 34.5 Å². The summed E-state index contributed by atoms with van der Waals surface area (Å²) in [4.78, 5) is 22.7. The summed E-state index contributed by atoms with van der Waals surface area (Å²) in [6.07, 6.45) is 4.47. The molecule has 2 fully saturated rings. The summed E-state index contributed by atoms with van der Waals surface area (Å²) in [5, 5.41) is 3.61. The second-order valence-corrected chi connectivity index (χ2v) is 8.85. The highest BCUT2D eigenvalue weighted by Crippen LogP contribution is 2.55. The van der Waals surface area contributed by atoms with E-state index in [1.165, 1.54) is 6.33 Å². The van der Waals surface area contributed by atoms with E-state index in [1.54, 1.807) is 6.92 Å². The van der Waals surface area contributed by atoms with E-state index >= 15 is 0 Å². The minimum atomic E-state index is -0.0759. The van der Waals surface area contributed by atoms with Gasteiger partial charge in [-0.05, 0) is 67.4 Å². The van der Waals surface area contributed by atoms with Crippen LogP contribution in [-0.4, -0.2) is 39.9 Å². The fraction of sp³-hybridized carbons (Fsp3) is 0.296. The lowest BCUT2D eigenvalue weighted by Gasteiger charge is -2.31. The number of hydrogen-bond donors (Lipinski definition) is 2. The number of carbonyl (C=O) groups excluding carboxylic acids is 1. The van der Waals surface area contributed by atoms with E-state index < -0.39 is 0 Å². The fourth-order valence-corrected chi connectivity index (χ4v) is 4.72. The van der Waals surface area contributed by atoms with E-state index in [2.05, 4.69) is 27.1 Å². The molecule has 5 rings (SSSR count). The number of benzene rings is 2. The Bertz CT molecular complexity index is 1240. The van der Waals surface area contributed by atoms with E-state index in [1.807, 2.05) is 59.5 Å². The predicted molar refractivity (Wildman–Crippen MR) is 132 cm³/mol. The van der Waals surface area contributed by atoms with E-state index in [9.17, 15) is 4.79 Å². The highest BCUT2D eigenvalue weighted by molar-refractivity contribution is 5.93. The van der Waals surface area contributed by atoms with Crippen LogP contribution in [0.1, 0.15) is 26.2 Å². The Morgan fingerprint density at radius 2 is 1.79 bits per heavy atom. The molecular formula is C27H27N5O2. The lowest BCUT2D eigenvalue weighted by molar-refractivity contribution is -0.126. The second-order valence-electron chi connectivity index (χ2n) is 8.85. The third kappa shape index (κ3) is 4.40. The number of rotatable bonds is 5. The van der Waals surface area contributed by atoms with Crippen LogP contribution >= 0.6 is 0 Å². The van der Waals surface area contributed by atoms with E-state index in [-0.39, 0.29) is 11.3 Å². The second kappa shape index (κ2) is 9.06. The monoisotopic (exact) mass is 453 g/mol. The van der Waals surface area contributed by atoms with Crippen LogP contribution in [0.3, 0.4) is 0 Å². The molecule has 34 heavy (non-hydrogen) atoms. The summed E-state index contributed by atoms with van der Waals surface area (Å²) in [6, 6.07) is 17.8. The number of hydrogen-bond acceptors (Lipinski definition) is 6. The van der Waals surface area contributed by atoms with E-state index in [4.69, 9.17) is 10.5 Å². The molecule has 2 aliphatic rings. The fourth-order valence-electron chi connectivity index (χ4n) is 4.72. The molecule has 2 heterocycles. The Balaban J connectivity index is 1.29. The molecule has 1 saturated heterocycles. The number of nitrogens with one attached hydrogen (secondary N) is 1. The highest BCUT2D eigenvalue weighted by atomic mass is 16.5. The van der Waals surface area contributed by atoms with Crippen molar-refractivity contribution in [2.45, 2.75) is 32.2 Å². The highest BCUT2D eigenvalue weighted by Gasteiger charge is 2.55. The van der Waals surface area contributed by atoms with Crippen LogP contribution in [0.25, 0.3) is 11.1 Å². The summed E-state index contributed by atoms with van der Waals surface area (Å²) >= 11 is 0. The maximum atomic E-state index is 12.1. The largest absolute Gasteiger partial charge is 0.457 e. The van der Waals surface area contributed by atoms with Crippen LogP contribution < -0.4 is 15.8 Å². The lowest BCUT2D eigenvalue weighted by Crippen LogP contribution is -2.39. The molecule has 1 atom stereocenters. The standard InChI is InChI=1S/C27H27N5O2/c1-2-6-23(33)32-15-13-27(14-16-32)17-22(27)31-26-24(25(28)29-18-30-26)19-9-11-21(12-10-19)34-20-7-4-3-5-8-20/h3-5,7-12,18,22H,13-17H2,1H3,(H3,28,29,30,31). The van der Waals surface area contributed by atoms with Gasteiger partial charge in [-0.2, -0.15) is 0 Å². The van der Waals surface area contributed by atoms with Crippen molar-refractivity contribution in [3.05, 3.63) is 60.9 Å². The van der Waals surface area contributed by atoms with Crippen LogP contribution in [0.15, 0.2) is 60.9 Å². The molecule has 1 aliphatic carbocycles. The van der Waals surface area contributed by atoms with Crippen molar-refractivity contribution in [1.82, 2.24) is 14.9 Å². The zero-order chi connectivity index (χ0) is 23.5. The average molecular weight is 454 g/mol. The van der Waals surface area contributed by atoms with Crippen molar-refractivity contribution in [2.75, 3.05) is 24.1 Å².